The first-order chi connectivity index (χ1) is 12.6. The Morgan fingerprint density at radius 2 is 2.00 bits per heavy atom. The van der Waals surface area contributed by atoms with Gasteiger partial charge in [-0.1, -0.05) is 0 Å². The van der Waals surface area contributed by atoms with Gasteiger partial charge in [-0.05, 0) is 42.5 Å². The monoisotopic (exact) mass is 354 g/mol. The minimum atomic E-state index is -1.08. The molecular weight excluding hydrogens is 336 g/mol. The first kappa shape index (κ1) is 17.4. The number of aliphatic hydroxyl groups is 1. The molecule has 0 aliphatic carbocycles. The molecule has 134 valence electrons. The van der Waals surface area contributed by atoms with Crippen LogP contribution < -0.4 is 15.4 Å². The molecule has 0 bridgehead atoms. The summed E-state index contributed by atoms with van der Waals surface area (Å²) in [5.41, 5.74) is 2.33. The van der Waals surface area contributed by atoms with E-state index in [0.717, 1.165) is 5.52 Å². The molecule has 1 unspecified atom stereocenters. The molecule has 8 heteroatoms. The van der Waals surface area contributed by atoms with Gasteiger partial charge in [0.2, 0.25) is 5.91 Å². The third-order valence-electron chi connectivity index (χ3n) is 3.84. The molecule has 1 aromatic heterocycles. The van der Waals surface area contributed by atoms with E-state index in [4.69, 9.17) is 4.74 Å². The van der Waals surface area contributed by atoms with Crippen molar-refractivity contribution in [3.05, 3.63) is 54.4 Å². The van der Waals surface area contributed by atoms with Crippen LogP contribution >= 0.6 is 0 Å². The number of hydrogen-bond donors (Lipinski definition) is 4. The summed E-state index contributed by atoms with van der Waals surface area (Å²) >= 11 is 0. The molecule has 0 fully saturated rings. The zero-order valence-corrected chi connectivity index (χ0v) is 14.0. The number of aromatic amines is 1. The SMILES string of the molecule is COc1ccc(NC(=O)C(CO)NC(=O)c2ccc3nc[nH]c3c2)cc1. The Kier molecular flexibility index (Phi) is 5.14. The first-order valence-electron chi connectivity index (χ1n) is 7.90. The van der Waals surface area contributed by atoms with Crippen molar-refractivity contribution >= 4 is 28.5 Å². The number of hydrogen-bond acceptors (Lipinski definition) is 5. The minimum Gasteiger partial charge on any atom is -0.497 e. The maximum atomic E-state index is 12.4. The van der Waals surface area contributed by atoms with Crippen molar-refractivity contribution in [2.75, 3.05) is 19.0 Å². The second-order valence-corrected chi connectivity index (χ2v) is 5.56. The van der Waals surface area contributed by atoms with Crippen LogP contribution in [0.1, 0.15) is 10.4 Å². The second-order valence-electron chi connectivity index (χ2n) is 5.56. The van der Waals surface area contributed by atoms with Gasteiger partial charge in [-0.15, -0.1) is 0 Å². The van der Waals surface area contributed by atoms with Crippen LogP contribution in [-0.4, -0.2) is 46.6 Å². The Bertz CT molecular complexity index is 920. The molecule has 0 saturated heterocycles. The van der Waals surface area contributed by atoms with E-state index in [2.05, 4.69) is 20.6 Å². The van der Waals surface area contributed by atoms with Gasteiger partial charge in [0, 0.05) is 11.3 Å². The van der Waals surface area contributed by atoms with Gasteiger partial charge in [0.1, 0.15) is 11.8 Å². The van der Waals surface area contributed by atoms with E-state index in [1.165, 1.54) is 6.33 Å². The summed E-state index contributed by atoms with van der Waals surface area (Å²) in [6.07, 6.45) is 1.53. The maximum absolute atomic E-state index is 12.4. The molecule has 4 N–H and O–H groups in total. The van der Waals surface area contributed by atoms with Gasteiger partial charge >= 0.3 is 0 Å². The van der Waals surface area contributed by atoms with E-state index in [1.807, 2.05) is 0 Å². The van der Waals surface area contributed by atoms with Gasteiger partial charge in [0.25, 0.3) is 5.91 Å². The third kappa shape index (κ3) is 3.81. The Labute approximate surface area is 149 Å². The number of ether oxygens (including phenoxy) is 1. The van der Waals surface area contributed by atoms with Crippen molar-refractivity contribution in [2.24, 2.45) is 0 Å². The standard InChI is InChI=1S/C18H18N4O4/c1-26-13-5-3-12(4-6-13)21-18(25)16(9-23)22-17(24)11-2-7-14-15(8-11)20-10-19-14/h2-8,10,16,23H,9H2,1H3,(H,19,20)(H,21,25)(H,22,24). The van der Waals surface area contributed by atoms with Crippen molar-refractivity contribution in [1.29, 1.82) is 0 Å². The summed E-state index contributed by atoms with van der Waals surface area (Å²) in [6.45, 7) is -0.528. The molecule has 1 atom stereocenters. The number of anilines is 1. The van der Waals surface area contributed by atoms with E-state index >= 15 is 0 Å². The Hall–Kier alpha value is -3.39. The molecule has 1 heterocycles. The number of benzene rings is 2. The summed E-state index contributed by atoms with van der Waals surface area (Å²) in [5.74, 6) is -0.330. The van der Waals surface area contributed by atoms with Crippen molar-refractivity contribution in [2.45, 2.75) is 6.04 Å². The molecule has 26 heavy (non-hydrogen) atoms. The highest BCUT2D eigenvalue weighted by Crippen LogP contribution is 2.15. The minimum absolute atomic E-state index is 0.359. The van der Waals surface area contributed by atoms with Crippen molar-refractivity contribution < 1.29 is 19.4 Å². The van der Waals surface area contributed by atoms with E-state index in [-0.39, 0.29) is 0 Å². The number of nitrogens with zero attached hydrogens (tertiary/aromatic N) is 1. The van der Waals surface area contributed by atoms with Crippen molar-refractivity contribution in [1.82, 2.24) is 15.3 Å². The van der Waals surface area contributed by atoms with E-state index in [9.17, 15) is 14.7 Å². The predicted octanol–water partition coefficient (Wildman–Crippen LogP) is 1.30. The number of imidazole rings is 1. The number of carbonyl (C=O) groups is 2. The van der Waals surface area contributed by atoms with Crippen molar-refractivity contribution in [3.63, 3.8) is 0 Å². The van der Waals surface area contributed by atoms with Crippen molar-refractivity contribution in [3.8, 4) is 5.75 Å². The Morgan fingerprint density at radius 1 is 1.23 bits per heavy atom. The van der Waals surface area contributed by atoms with Gasteiger partial charge in [0.15, 0.2) is 0 Å². The van der Waals surface area contributed by atoms with Crippen LogP contribution in [0.2, 0.25) is 0 Å². The first-order valence-corrected chi connectivity index (χ1v) is 7.90. The molecule has 3 aromatic rings. The van der Waals surface area contributed by atoms with Gasteiger partial charge in [-0.3, -0.25) is 9.59 Å². The van der Waals surface area contributed by atoms with Gasteiger partial charge in [-0.25, -0.2) is 4.98 Å². The van der Waals surface area contributed by atoms with Gasteiger partial charge in [-0.2, -0.15) is 0 Å². The highest BCUT2D eigenvalue weighted by molar-refractivity contribution is 6.02. The lowest BCUT2D eigenvalue weighted by molar-refractivity contribution is -0.118. The van der Waals surface area contributed by atoms with E-state index < -0.39 is 24.5 Å². The molecule has 2 aromatic carbocycles. The maximum Gasteiger partial charge on any atom is 0.252 e. The third-order valence-corrected chi connectivity index (χ3v) is 3.84. The average molecular weight is 354 g/mol. The molecule has 0 radical (unpaired) electrons. The lowest BCUT2D eigenvalue weighted by Crippen LogP contribution is -2.46. The average Bonchev–Trinajstić information content (AvgIpc) is 3.14. The van der Waals surface area contributed by atoms with E-state index in [1.54, 1.807) is 49.6 Å². The quantitative estimate of drug-likeness (QED) is 0.532. The molecule has 2 amide bonds. The summed E-state index contributed by atoms with van der Waals surface area (Å²) < 4.78 is 5.05. The zero-order valence-electron chi connectivity index (χ0n) is 14.0. The van der Waals surface area contributed by atoms with Crippen LogP contribution in [0.25, 0.3) is 11.0 Å². The topological polar surface area (TPSA) is 116 Å². The fraction of sp³-hybridized carbons (Fsp3) is 0.167. The number of carbonyl (C=O) groups excluding carboxylic acids is 2. The highest BCUT2D eigenvalue weighted by Gasteiger charge is 2.21. The van der Waals surface area contributed by atoms with E-state index in [0.29, 0.717) is 22.5 Å². The lowest BCUT2D eigenvalue weighted by atomic mass is 10.1. The molecule has 8 nitrogen and oxygen atoms in total. The number of rotatable bonds is 6. The number of methoxy groups -OCH3 is 1. The molecule has 0 spiro atoms. The Balaban J connectivity index is 1.66. The summed E-state index contributed by atoms with van der Waals surface area (Å²) in [6, 6.07) is 10.6. The number of aliphatic hydroxyl groups excluding tert-OH is 1. The summed E-state index contributed by atoms with van der Waals surface area (Å²) in [5, 5.41) is 14.6. The summed E-state index contributed by atoms with van der Waals surface area (Å²) in [4.78, 5) is 31.7. The molecular formula is C18H18N4O4. The van der Waals surface area contributed by atoms with Crippen LogP contribution in [0.5, 0.6) is 5.75 Å². The largest absolute Gasteiger partial charge is 0.497 e. The fourth-order valence-electron chi connectivity index (χ4n) is 2.42. The van der Waals surface area contributed by atoms with Crippen LogP contribution in [0.3, 0.4) is 0 Å². The normalized spacial score (nSPS) is 11.8. The number of amides is 2. The Morgan fingerprint density at radius 3 is 2.69 bits per heavy atom. The highest BCUT2D eigenvalue weighted by atomic mass is 16.5. The van der Waals surface area contributed by atoms with Crippen LogP contribution in [0.4, 0.5) is 5.69 Å². The number of aromatic nitrogens is 2. The number of nitrogens with one attached hydrogen (secondary N) is 3. The fourth-order valence-corrected chi connectivity index (χ4v) is 2.42. The molecule has 0 aliphatic heterocycles. The molecule has 3 rings (SSSR count). The van der Waals surface area contributed by atoms with Gasteiger partial charge < -0.3 is 25.5 Å². The second kappa shape index (κ2) is 7.66. The number of H-pyrrole nitrogens is 1. The predicted molar refractivity (Wildman–Crippen MR) is 96.1 cm³/mol. The molecule has 0 saturated carbocycles. The van der Waals surface area contributed by atoms with Crippen LogP contribution in [-0.2, 0) is 4.79 Å². The lowest BCUT2D eigenvalue weighted by Gasteiger charge is -2.16. The van der Waals surface area contributed by atoms with Crippen LogP contribution in [0.15, 0.2) is 48.8 Å². The van der Waals surface area contributed by atoms with Gasteiger partial charge in [0.05, 0.1) is 31.1 Å². The summed E-state index contributed by atoms with van der Waals surface area (Å²) in [7, 11) is 1.55. The number of fused-ring (bicyclic) bond motifs is 1. The smallest absolute Gasteiger partial charge is 0.252 e. The van der Waals surface area contributed by atoms with Crippen LogP contribution in [0, 0.1) is 0 Å². The molecule has 0 aliphatic rings. The zero-order chi connectivity index (χ0) is 18.5.